The van der Waals surface area contributed by atoms with Crippen molar-refractivity contribution < 1.29 is 45.4 Å². The van der Waals surface area contributed by atoms with Gasteiger partial charge in [0.2, 0.25) is 15.9 Å². The average Bonchev–Trinajstić information content (AvgIpc) is 4.02. The Hall–Kier alpha value is -4.33. The van der Waals surface area contributed by atoms with Gasteiger partial charge in [-0.1, -0.05) is 53.5 Å². The number of nitrogens with one attached hydrogen (secondary N) is 1. The Morgan fingerprint density at radius 2 is 1.50 bits per heavy atom. The molecule has 2 N–H and O–H groups in total. The van der Waals surface area contributed by atoms with Crippen molar-refractivity contribution in [3.8, 4) is 5.75 Å². The van der Waals surface area contributed by atoms with Gasteiger partial charge in [-0.15, -0.1) is 0 Å². The van der Waals surface area contributed by atoms with Gasteiger partial charge in [0.25, 0.3) is 0 Å². The molecule has 0 spiro atoms. The van der Waals surface area contributed by atoms with Crippen LogP contribution in [-0.2, 0) is 27.8 Å². The van der Waals surface area contributed by atoms with E-state index in [0.29, 0.717) is 11.8 Å². The number of aromatic carboxylic acids is 1. The van der Waals surface area contributed by atoms with Gasteiger partial charge in [-0.2, -0.15) is 0 Å². The number of halogens is 6. The lowest BCUT2D eigenvalue weighted by Gasteiger charge is -2.30. The van der Waals surface area contributed by atoms with Crippen molar-refractivity contribution in [3.63, 3.8) is 0 Å². The summed E-state index contributed by atoms with van der Waals surface area (Å²) in [7, 11) is -4.93. The highest BCUT2D eigenvalue weighted by atomic mass is 35.5. The summed E-state index contributed by atoms with van der Waals surface area (Å²) in [6.07, 6.45) is 2.29. The Kier molecular flexibility index (Phi) is 10.8. The van der Waals surface area contributed by atoms with E-state index in [4.69, 9.17) is 27.9 Å². The molecule has 1 amide bonds. The molecule has 2 saturated carbocycles. The minimum Gasteiger partial charge on any atom is -0.478 e. The lowest BCUT2D eigenvalue weighted by atomic mass is 9.99. The Balaban J connectivity index is 1.31. The number of anilines is 1. The molecule has 0 radical (unpaired) electrons. The molecule has 15 heteroatoms. The zero-order chi connectivity index (χ0) is 37.5. The Bertz CT molecular complexity index is 2130. The Morgan fingerprint density at radius 1 is 0.904 bits per heavy atom. The second-order valence-electron chi connectivity index (χ2n) is 13.0. The smallest absolute Gasteiger partial charge is 0.335 e. The Morgan fingerprint density at radius 3 is 2.08 bits per heavy atom. The number of sulfonamides is 1. The van der Waals surface area contributed by atoms with Crippen molar-refractivity contribution >= 4 is 50.8 Å². The number of hydrogen-bond acceptors (Lipinski definition) is 5. The molecule has 1 unspecified atom stereocenters. The number of carboxylic acid groups (broad SMARTS) is 1. The highest BCUT2D eigenvalue weighted by molar-refractivity contribution is 7.93. The van der Waals surface area contributed by atoms with Crippen molar-refractivity contribution in [1.82, 2.24) is 4.90 Å². The van der Waals surface area contributed by atoms with Gasteiger partial charge in [0, 0.05) is 18.5 Å². The first-order valence-electron chi connectivity index (χ1n) is 16.3. The predicted octanol–water partition coefficient (Wildman–Crippen LogP) is 8.79. The second kappa shape index (κ2) is 15.0. The van der Waals surface area contributed by atoms with Gasteiger partial charge in [-0.25, -0.2) is 30.8 Å². The second-order valence-corrected chi connectivity index (χ2v) is 15.5. The average molecular weight is 780 g/mol. The van der Waals surface area contributed by atoms with Crippen LogP contribution in [0.5, 0.6) is 5.75 Å². The summed E-state index contributed by atoms with van der Waals surface area (Å²) in [5.41, 5.74) is 0.857. The number of rotatable bonds is 14. The van der Waals surface area contributed by atoms with E-state index in [1.54, 1.807) is 4.72 Å². The van der Waals surface area contributed by atoms with E-state index in [1.165, 1.54) is 49.4 Å². The molecule has 0 heterocycles. The fourth-order valence-electron chi connectivity index (χ4n) is 5.96. The molecule has 2 aliphatic carbocycles. The lowest BCUT2D eigenvalue weighted by molar-refractivity contribution is -0.136. The highest BCUT2D eigenvalue weighted by Gasteiger charge is 2.33. The van der Waals surface area contributed by atoms with E-state index >= 15 is 8.78 Å². The predicted molar refractivity (Wildman–Crippen MR) is 187 cm³/mol. The largest absolute Gasteiger partial charge is 0.478 e. The van der Waals surface area contributed by atoms with Gasteiger partial charge in [-0.05, 0) is 97.0 Å². The topological polar surface area (TPSA) is 113 Å². The SMILES string of the molecule is CC(Oc1ccc(C(=O)O)cc1)N(Cc1cc(C2CC2)cc(C2CC2)c1)C(=O)CS(=O)(=O)Nc1c(F)c(F)c(F)c(F)c1Cc1cccc(Cl)c1Cl. The molecule has 0 bridgehead atoms. The standard InChI is InChI=1S/C37H32Cl2F4N2O6S/c1-19(51-27-11-9-23(10-12-27)37(47)48)45(17-20-13-25(21-5-6-21)15-26(14-20)22-7-8-22)30(46)18-52(49,50)44-36-28(32(40)33(41)34(42)35(36)43)16-24-3-2-4-29(38)31(24)39/h2-4,9-15,19,21-22,44H,5-8,16-18H2,1H3,(H,47,48). The fraction of sp³-hybridized carbons (Fsp3) is 0.297. The molecule has 0 aliphatic heterocycles. The summed E-state index contributed by atoms with van der Waals surface area (Å²) in [6, 6.07) is 15.6. The first kappa shape index (κ1) is 37.4. The van der Waals surface area contributed by atoms with Gasteiger partial charge >= 0.3 is 5.97 Å². The van der Waals surface area contributed by atoms with E-state index in [2.05, 4.69) is 6.07 Å². The van der Waals surface area contributed by atoms with Gasteiger partial charge in [0.15, 0.2) is 29.5 Å². The molecule has 0 aromatic heterocycles. The fourth-order valence-corrected chi connectivity index (χ4v) is 7.43. The lowest BCUT2D eigenvalue weighted by Crippen LogP contribution is -2.45. The van der Waals surface area contributed by atoms with Crippen LogP contribution in [0.15, 0.2) is 60.7 Å². The first-order valence-corrected chi connectivity index (χ1v) is 18.7. The van der Waals surface area contributed by atoms with Gasteiger partial charge in [0.1, 0.15) is 11.5 Å². The van der Waals surface area contributed by atoms with E-state index in [0.717, 1.165) is 47.3 Å². The van der Waals surface area contributed by atoms with Crippen LogP contribution in [0.4, 0.5) is 23.2 Å². The van der Waals surface area contributed by atoms with E-state index < -0.39 is 74.8 Å². The van der Waals surface area contributed by atoms with Crippen molar-refractivity contribution in [2.24, 2.45) is 0 Å². The van der Waals surface area contributed by atoms with Crippen LogP contribution in [0.2, 0.25) is 10.0 Å². The minimum atomic E-state index is -4.93. The zero-order valence-electron chi connectivity index (χ0n) is 27.6. The van der Waals surface area contributed by atoms with Crippen LogP contribution in [0, 0.1) is 23.3 Å². The molecule has 2 aliphatic rings. The molecule has 2 fully saturated rings. The Labute approximate surface area is 307 Å². The van der Waals surface area contributed by atoms with Crippen LogP contribution < -0.4 is 9.46 Å². The summed E-state index contributed by atoms with van der Waals surface area (Å²) in [6.45, 7) is 1.39. The van der Waals surface area contributed by atoms with Gasteiger partial charge in [0.05, 0.1) is 21.3 Å². The maximum atomic E-state index is 15.2. The van der Waals surface area contributed by atoms with E-state index in [-0.39, 0.29) is 33.5 Å². The quantitative estimate of drug-likeness (QED) is 0.0573. The molecule has 1 atom stereocenters. The van der Waals surface area contributed by atoms with Crippen molar-refractivity contribution in [2.45, 2.75) is 63.6 Å². The molecule has 8 nitrogen and oxygen atoms in total. The summed E-state index contributed by atoms with van der Waals surface area (Å²) in [4.78, 5) is 26.4. The molecule has 0 saturated heterocycles. The van der Waals surface area contributed by atoms with E-state index in [9.17, 15) is 31.9 Å². The highest BCUT2D eigenvalue weighted by Crippen LogP contribution is 2.45. The van der Waals surface area contributed by atoms with Crippen LogP contribution in [-0.4, -0.2) is 42.3 Å². The summed E-state index contributed by atoms with van der Waals surface area (Å²) in [5.74, 6) is -10.9. The number of ether oxygens (including phenoxy) is 1. The molecular weight excluding hydrogens is 747 g/mol. The minimum absolute atomic E-state index is 0.00694. The maximum Gasteiger partial charge on any atom is 0.335 e. The number of amides is 1. The molecule has 52 heavy (non-hydrogen) atoms. The first-order chi connectivity index (χ1) is 24.6. The van der Waals surface area contributed by atoms with Crippen LogP contribution in [0.25, 0.3) is 0 Å². The van der Waals surface area contributed by atoms with Crippen LogP contribution >= 0.6 is 23.2 Å². The zero-order valence-corrected chi connectivity index (χ0v) is 29.9. The number of hydrogen-bond donors (Lipinski definition) is 2. The number of carbonyl (C=O) groups excluding carboxylic acids is 1. The maximum absolute atomic E-state index is 15.2. The monoisotopic (exact) mass is 778 g/mol. The molecule has 6 rings (SSSR count). The number of nitrogens with zero attached hydrogens (tertiary/aromatic N) is 1. The number of benzene rings is 4. The van der Waals surface area contributed by atoms with Crippen LogP contribution in [0.1, 0.15) is 82.6 Å². The third kappa shape index (κ3) is 8.48. The van der Waals surface area contributed by atoms with Crippen LogP contribution in [0.3, 0.4) is 0 Å². The number of carbonyl (C=O) groups is 2. The summed E-state index contributed by atoms with van der Waals surface area (Å²) >= 11 is 12.2. The third-order valence-corrected chi connectivity index (χ3v) is 11.0. The normalized spacial score (nSPS) is 14.9. The van der Waals surface area contributed by atoms with Crippen molar-refractivity contribution in [3.05, 3.63) is 127 Å². The van der Waals surface area contributed by atoms with E-state index in [1.807, 2.05) is 12.1 Å². The number of carboxylic acids is 1. The summed E-state index contributed by atoms with van der Waals surface area (Å²) < 4.78 is 94.1. The van der Waals surface area contributed by atoms with Crippen molar-refractivity contribution in [2.75, 3.05) is 10.5 Å². The van der Waals surface area contributed by atoms with Gasteiger partial charge in [-0.3, -0.25) is 9.52 Å². The molecular formula is C37H32Cl2F4N2O6S. The van der Waals surface area contributed by atoms with Gasteiger partial charge < -0.3 is 14.7 Å². The molecule has 274 valence electrons. The molecule has 4 aromatic carbocycles. The molecule has 4 aromatic rings. The summed E-state index contributed by atoms with van der Waals surface area (Å²) in [5, 5.41) is 9.18. The van der Waals surface area contributed by atoms with Crippen molar-refractivity contribution in [1.29, 1.82) is 0 Å². The third-order valence-electron chi connectivity index (χ3n) is 8.99.